The number of azide groups is 1. The van der Waals surface area contributed by atoms with Gasteiger partial charge in [-0.2, -0.15) is 0 Å². The van der Waals surface area contributed by atoms with Crippen molar-refractivity contribution in [1.29, 1.82) is 0 Å². The Morgan fingerprint density at radius 1 is 0.825 bits per heavy atom. The molecule has 40 heavy (non-hydrogen) atoms. The average Bonchev–Trinajstić information content (AvgIpc) is 3.66. The Morgan fingerprint density at radius 2 is 1.52 bits per heavy atom. The highest BCUT2D eigenvalue weighted by atomic mass is 16.2. The van der Waals surface area contributed by atoms with Gasteiger partial charge in [0.25, 0.3) is 5.91 Å². The van der Waals surface area contributed by atoms with Gasteiger partial charge in [-0.1, -0.05) is 42.5 Å². The van der Waals surface area contributed by atoms with Gasteiger partial charge >= 0.3 is 0 Å². The monoisotopic (exact) mass is 527 g/mol. The number of aromatic nitrogens is 2. The number of imidazole rings is 1. The number of hydrogen-bond acceptors (Lipinski definition) is 4. The van der Waals surface area contributed by atoms with E-state index in [1.54, 1.807) is 24.3 Å². The SMILES string of the molecule is [N-]=[N+]=NC(=O)c1ccc(-c2nc3cc(NC(=O)c4ccc(N5CCCC5)cc4)ccc3n2-c2ccccc2)cc1. The van der Waals surface area contributed by atoms with E-state index in [9.17, 15) is 9.59 Å². The van der Waals surface area contributed by atoms with Crippen molar-refractivity contribution in [2.24, 2.45) is 5.11 Å². The minimum absolute atomic E-state index is 0.185. The number of para-hydroxylation sites is 1. The first-order valence-corrected chi connectivity index (χ1v) is 13.0. The van der Waals surface area contributed by atoms with Crippen LogP contribution in [0.25, 0.3) is 38.6 Å². The molecule has 0 atom stereocenters. The molecule has 9 nitrogen and oxygen atoms in total. The molecule has 6 rings (SSSR count). The molecule has 196 valence electrons. The number of benzene rings is 4. The molecule has 1 aliphatic heterocycles. The number of carbonyl (C=O) groups is 2. The normalized spacial score (nSPS) is 12.8. The van der Waals surface area contributed by atoms with E-state index in [4.69, 9.17) is 10.5 Å². The van der Waals surface area contributed by atoms with Gasteiger partial charge in [-0.05, 0) is 78.1 Å². The van der Waals surface area contributed by atoms with Gasteiger partial charge in [0.05, 0.1) is 11.0 Å². The van der Waals surface area contributed by atoms with Gasteiger partial charge in [-0.3, -0.25) is 14.2 Å². The highest BCUT2D eigenvalue weighted by molar-refractivity contribution is 6.05. The third kappa shape index (κ3) is 4.89. The van der Waals surface area contributed by atoms with E-state index in [0.717, 1.165) is 35.5 Å². The van der Waals surface area contributed by atoms with Crippen LogP contribution in [0.4, 0.5) is 11.4 Å². The Balaban J connectivity index is 1.32. The lowest BCUT2D eigenvalue weighted by Gasteiger charge is -2.17. The van der Waals surface area contributed by atoms with Crippen molar-refractivity contribution in [3.8, 4) is 17.1 Å². The lowest BCUT2D eigenvalue weighted by molar-refractivity contribution is 0.0997. The quantitative estimate of drug-likeness (QED) is 0.145. The zero-order chi connectivity index (χ0) is 27.5. The van der Waals surface area contributed by atoms with Crippen LogP contribution in [0.5, 0.6) is 0 Å². The van der Waals surface area contributed by atoms with Gasteiger partial charge in [0, 0.05) is 51.8 Å². The smallest absolute Gasteiger partial charge is 0.255 e. The first kappa shape index (κ1) is 24.9. The van der Waals surface area contributed by atoms with E-state index in [-0.39, 0.29) is 5.91 Å². The topological polar surface area (TPSA) is 116 Å². The molecule has 9 heteroatoms. The van der Waals surface area contributed by atoms with E-state index >= 15 is 0 Å². The van der Waals surface area contributed by atoms with Crippen molar-refractivity contribution in [2.75, 3.05) is 23.3 Å². The summed E-state index contributed by atoms with van der Waals surface area (Å²) in [6, 6.07) is 30.0. The van der Waals surface area contributed by atoms with Gasteiger partial charge in [0.1, 0.15) is 5.82 Å². The number of nitrogens with one attached hydrogen (secondary N) is 1. The lowest BCUT2D eigenvalue weighted by Crippen LogP contribution is -2.18. The average molecular weight is 528 g/mol. The summed E-state index contributed by atoms with van der Waals surface area (Å²) in [5.74, 6) is -0.156. The van der Waals surface area contributed by atoms with Crippen LogP contribution < -0.4 is 10.2 Å². The molecule has 0 unspecified atom stereocenters. The van der Waals surface area contributed by atoms with Crippen molar-refractivity contribution in [1.82, 2.24) is 9.55 Å². The second-order valence-electron chi connectivity index (χ2n) is 9.58. The van der Waals surface area contributed by atoms with Crippen molar-refractivity contribution in [3.63, 3.8) is 0 Å². The van der Waals surface area contributed by atoms with Crippen LogP contribution >= 0.6 is 0 Å². The summed E-state index contributed by atoms with van der Waals surface area (Å²) >= 11 is 0. The van der Waals surface area contributed by atoms with Crippen LogP contribution in [-0.4, -0.2) is 34.5 Å². The van der Waals surface area contributed by atoms with E-state index in [1.165, 1.54) is 12.8 Å². The first-order valence-electron chi connectivity index (χ1n) is 13.0. The van der Waals surface area contributed by atoms with E-state index < -0.39 is 5.91 Å². The van der Waals surface area contributed by atoms with Crippen LogP contribution in [-0.2, 0) is 0 Å². The molecule has 1 aliphatic rings. The van der Waals surface area contributed by atoms with Gasteiger partial charge in [-0.25, -0.2) is 4.98 Å². The second-order valence-corrected chi connectivity index (χ2v) is 9.58. The predicted molar refractivity (Wildman–Crippen MR) is 156 cm³/mol. The minimum atomic E-state index is -0.642. The maximum absolute atomic E-state index is 13.0. The highest BCUT2D eigenvalue weighted by Gasteiger charge is 2.17. The molecule has 1 saturated heterocycles. The molecule has 0 aliphatic carbocycles. The summed E-state index contributed by atoms with van der Waals surface area (Å²) in [4.78, 5) is 34.8. The fraction of sp³-hybridized carbons (Fsp3) is 0.129. The van der Waals surface area contributed by atoms with E-state index in [0.29, 0.717) is 28.2 Å². The maximum Gasteiger partial charge on any atom is 0.255 e. The van der Waals surface area contributed by atoms with Gasteiger partial charge in [0.15, 0.2) is 0 Å². The van der Waals surface area contributed by atoms with Crippen molar-refractivity contribution >= 4 is 34.2 Å². The van der Waals surface area contributed by atoms with Crippen LogP contribution in [0.1, 0.15) is 33.6 Å². The molecule has 5 aromatic rings. The summed E-state index contributed by atoms with van der Waals surface area (Å²) in [5, 5.41) is 6.16. The van der Waals surface area contributed by atoms with Crippen LogP contribution in [0.3, 0.4) is 0 Å². The molecular weight excluding hydrogens is 502 g/mol. The fourth-order valence-corrected chi connectivity index (χ4v) is 5.05. The van der Waals surface area contributed by atoms with Crippen molar-refractivity contribution in [2.45, 2.75) is 12.8 Å². The zero-order valence-electron chi connectivity index (χ0n) is 21.6. The van der Waals surface area contributed by atoms with Crippen LogP contribution in [0.15, 0.2) is 102 Å². The third-order valence-corrected chi connectivity index (χ3v) is 7.05. The summed E-state index contributed by atoms with van der Waals surface area (Å²) in [6.07, 6.45) is 2.41. The molecule has 0 saturated carbocycles. The maximum atomic E-state index is 13.0. The molecule has 2 amide bonds. The predicted octanol–water partition coefficient (Wildman–Crippen LogP) is 7.00. The number of anilines is 2. The molecule has 0 bridgehead atoms. The summed E-state index contributed by atoms with van der Waals surface area (Å²) in [5.41, 5.74) is 14.5. The third-order valence-electron chi connectivity index (χ3n) is 7.05. The molecule has 1 fully saturated rings. The first-order chi connectivity index (χ1) is 19.6. The number of rotatable bonds is 6. The molecule has 0 radical (unpaired) electrons. The number of hydrogen-bond donors (Lipinski definition) is 1. The van der Waals surface area contributed by atoms with Crippen LogP contribution in [0.2, 0.25) is 0 Å². The Bertz CT molecular complexity index is 1750. The van der Waals surface area contributed by atoms with Gasteiger partial charge < -0.3 is 10.2 Å². The number of amides is 2. The molecule has 2 heterocycles. The Hall–Kier alpha value is -5.40. The summed E-state index contributed by atoms with van der Waals surface area (Å²) < 4.78 is 2.03. The van der Waals surface area contributed by atoms with Crippen molar-refractivity contribution < 1.29 is 9.59 Å². The molecular formula is C31H25N7O2. The Morgan fingerprint density at radius 3 is 2.23 bits per heavy atom. The molecule has 4 aromatic carbocycles. The standard InChI is InChI=1S/C31H25N7O2/c32-36-35-31(40)23-10-8-21(9-11-23)29-34-27-20-24(14-17-28(27)38(29)26-6-2-1-3-7-26)33-30(39)22-12-15-25(16-13-22)37-18-4-5-19-37/h1-3,6-17,20H,4-5,18-19H2,(H,33,39). The van der Waals surface area contributed by atoms with E-state index in [2.05, 4.69) is 20.2 Å². The Kier molecular flexibility index (Phi) is 6.70. The summed E-state index contributed by atoms with van der Waals surface area (Å²) in [7, 11) is 0. The lowest BCUT2D eigenvalue weighted by atomic mass is 10.1. The van der Waals surface area contributed by atoms with Gasteiger partial charge in [-0.15, -0.1) is 0 Å². The van der Waals surface area contributed by atoms with Gasteiger partial charge in [0.2, 0.25) is 5.91 Å². The van der Waals surface area contributed by atoms with E-state index in [1.807, 2.05) is 77.4 Å². The largest absolute Gasteiger partial charge is 0.372 e. The fourth-order valence-electron chi connectivity index (χ4n) is 5.05. The molecule has 0 spiro atoms. The number of fused-ring (bicyclic) bond motifs is 1. The minimum Gasteiger partial charge on any atom is -0.372 e. The Labute approximate surface area is 230 Å². The molecule has 1 aromatic heterocycles. The number of nitrogens with zero attached hydrogens (tertiary/aromatic N) is 6. The second kappa shape index (κ2) is 10.8. The number of carbonyl (C=O) groups excluding carboxylic acids is 2. The van der Waals surface area contributed by atoms with Crippen LogP contribution in [0, 0.1) is 0 Å². The zero-order valence-corrected chi connectivity index (χ0v) is 21.6. The van der Waals surface area contributed by atoms with Crippen molar-refractivity contribution in [3.05, 3.63) is 119 Å². The highest BCUT2D eigenvalue weighted by Crippen LogP contribution is 2.31. The summed E-state index contributed by atoms with van der Waals surface area (Å²) in [6.45, 7) is 2.11. The molecule has 1 N–H and O–H groups in total.